The van der Waals surface area contributed by atoms with Crippen molar-refractivity contribution in [1.82, 2.24) is 10.2 Å². The van der Waals surface area contributed by atoms with Gasteiger partial charge in [-0.25, -0.2) is 0 Å². The fourth-order valence-corrected chi connectivity index (χ4v) is 3.98. The van der Waals surface area contributed by atoms with E-state index in [2.05, 4.69) is 24.1 Å². The van der Waals surface area contributed by atoms with Crippen molar-refractivity contribution in [2.45, 2.75) is 46.1 Å². The number of carbonyl (C=O) groups is 2. The Morgan fingerprint density at radius 2 is 1.96 bits per heavy atom. The van der Waals surface area contributed by atoms with Gasteiger partial charge >= 0.3 is 0 Å². The molecule has 1 aromatic rings. The lowest BCUT2D eigenvalue weighted by atomic mass is 9.96. The highest BCUT2D eigenvalue weighted by Gasteiger charge is 2.35. The monoisotopic (exact) mass is 357 g/mol. The molecular formula is C21H31N3O2. The number of benzene rings is 1. The van der Waals surface area contributed by atoms with Gasteiger partial charge in [0.25, 0.3) is 0 Å². The van der Waals surface area contributed by atoms with Crippen molar-refractivity contribution in [2.75, 3.05) is 31.1 Å². The average molecular weight is 357 g/mol. The van der Waals surface area contributed by atoms with Crippen LogP contribution in [0.3, 0.4) is 0 Å². The third kappa shape index (κ3) is 4.44. The van der Waals surface area contributed by atoms with Gasteiger partial charge in [-0.1, -0.05) is 17.7 Å². The third-order valence-electron chi connectivity index (χ3n) is 5.69. The van der Waals surface area contributed by atoms with Crippen LogP contribution in [0.1, 0.15) is 38.7 Å². The summed E-state index contributed by atoms with van der Waals surface area (Å²) in [4.78, 5) is 29.1. The van der Waals surface area contributed by atoms with E-state index in [4.69, 9.17) is 0 Å². The first kappa shape index (κ1) is 18.9. The van der Waals surface area contributed by atoms with Crippen LogP contribution in [0.5, 0.6) is 0 Å². The molecule has 5 nitrogen and oxygen atoms in total. The van der Waals surface area contributed by atoms with E-state index in [1.54, 1.807) is 4.90 Å². The Balaban J connectivity index is 1.51. The van der Waals surface area contributed by atoms with Gasteiger partial charge in [0, 0.05) is 37.8 Å². The van der Waals surface area contributed by atoms with Crippen molar-refractivity contribution in [2.24, 2.45) is 11.8 Å². The van der Waals surface area contributed by atoms with Crippen LogP contribution >= 0.6 is 0 Å². The summed E-state index contributed by atoms with van der Waals surface area (Å²) < 4.78 is 0. The minimum atomic E-state index is -0.242. The SMILES string of the molecule is Cc1ccc(N2CC(C(=O)NCC3CCCN(C(C)C)C3)CC2=O)cc1. The van der Waals surface area contributed by atoms with E-state index in [1.807, 2.05) is 31.2 Å². The predicted octanol–water partition coefficient (Wildman–Crippen LogP) is 2.58. The standard InChI is InChI=1S/C21H31N3O2/c1-15(2)23-10-4-5-17(13-23)12-22-21(26)18-11-20(25)24(14-18)19-8-6-16(3)7-9-19/h6-9,15,17-18H,4-5,10-14H2,1-3H3,(H,22,26). The van der Waals surface area contributed by atoms with Crippen LogP contribution in [0.4, 0.5) is 5.69 Å². The molecule has 26 heavy (non-hydrogen) atoms. The molecule has 1 aromatic carbocycles. The van der Waals surface area contributed by atoms with Gasteiger partial charge in [0.05, 0.1) is 5.92 Å². The predicted molar refractivity (Wildman–Crippen MR) is 104 cm³/mol. The average Bonchev–Trinajstić information content (AvgIpc) is 3.02. The van der Waals surface area contributed by atoms with E-state index in [-0.39, 0.29) is 17.7 Å². The second-order valence-electron chi connectivity index (χ2n) is 8.08. The highest BCUT2D eigenvalue weighted by atomic mass is 16.2. The first-order valence-electron chi connectivity index (χ1n) is 9.83. The maximum absolute atomic E-state index is 12.6. The van der Waals surface area contributed by atoms with Crippen LogP contribution in [0.25, 0.3) is 0 Å². The van der Waals surface area contributed by atoms with E-state index in [9.17, 15) is 9.59 Å². The number of rotatable bonds is 5. The Morgan fingerprint density at radius 1 is 1.23 bits per heavy atom. The zero-order chi connectivity index (χ0) is 18.7. The first-order chi connectivity index (χ1) is 12.4. The molecule has 0 spiro atoms. The summed E-state index contributed by atoms with van der Waals surface area (Å²) in [5.41, 5.74) is 2.05. The number of nitrogens with zero attached hydrogens (tertiary/aromatic N) is 2. The summed E-state index contributed by atoms with van der Waals surface area (Å²) in [6, 6.07) is 8.47. The molecule has 1 N–H and O–H groups in total. The molecule has 2 unspecified atom stereocenters. The Bertz CT molecular complexity index is 641. The number of hydrogen-bond acceptors (Lipinski definition) is 3. The Labute approximate surface area is 156 Å². The summed E-state index contributed by atoms with van der Waals surface area (Å²) in [6.45, 7) is 9.89. The number of anilines is 1. The Morgan fingerprint density at radius 3 is 2.65 bits per heavy atom. The van der Waals surface area contributed by atoms with Crippen LogP contribution in [0.2, 0.25) is 0 Å². The number of amides is 2. The smallest absolute Gasteiger partial charge is 0.227 e. The molecule has 0 radical (unpaired) electrons. The van der Waals surface area contributed by atoms with Crippen molar-refractivity contribution in [3.8, 4) is 0 Å². The normalized spacial score (nSPS) is 24.3. The van der Waals surface area contributed by atoms with Crippen molar-refractivity contribution in [3.63, 3.8) is 0 Å². The summed E-state index contributed by atoms with van der Waals surface area (Å²) in [7, 11) is 0. The Kier molecular flexibility index (Phi) is 5.97. The number of aryl methyl sites for hydroxylation is 1. The quantitative estimate of drug-likeness (QED) is 0.881. The lowest BCUT2D eigenvalue weighted by Gasteiger charge is -2.35. The second-order valence-corrected chi connectivity index (χ2v) is 8.08. The molecule has 2 atom stereocenters. The number of likely N-dealkylation sites (tertiary alicyclic amines) is 1. The van der Waals surface area contributed by atoms with Crippen molar-refractivity contribution < 1.29 is 9.59 Å². The lowest BCUT2D eigenvalue weighted by molar-refractivity contribution is -0.126. The van der Waals surface area contributed by atoms with Gasteiger partial charge in [0.1, 0.15) is 0 Å². The van der Waals surface area contributed by atoms with E-state index < -0.39 is 0 Å². The molecule has 2 saturated heterocycles. The Hall–Kier alpha value is -1.88. The molecule has 0 aromatic heterocycles. The van der Waals surface area contributed by atoms with Crippen molar-refractivity contribution >= 4 is 17.5 Å². The number of nitrogens with one attached hydrogen (secondary N) is 1. The van der Waals surface area contributed by atoms with Gasteiger partial charge in [-0.15, -0.1) is 0 Å². The van der Waals surface area contributed by atoms with Crippen LogP contribution in [-0.2, 0) is 9.59 Å². The highest BCUT2D eigenvalue weighted by molar-refractivity contribution is 6.00. The maximum atomic E-state index is 12.6. The molecule has 0 saturated carbocycles. The van der Waals surface area contributed by atoms with Gasteiger partial charge in [-0.3, -0.25) is 9.59 Å². The summed E-state index contributed by atoms with van der Waals surface area (Å²) in [5.74, 6) is 0.335. The van der Waals surface area contributed by atoms with Crippen LogP contribution < -0.4 is 10.2 Å². The summed E-state index contributed by atoms with van der Waals surface area (Å²) in [6.07, 6.45) is 2.67. The van der Waals surface area contributed by atoms with Crippen molar-refractivity contribution in [3.05, 3.63) is 29.8 Å². The molecular weight excluding hydrogens is 326 g/mol. The topological polar surface area (TPSA) is 52.7 Å². The molecule has 3 rings (SSSR count). The van der Waals surface area contributed by atoms with E-state index >= 15 is 0 Å². The fraction of sp³-hybridized carbons (Fsp3) is 0.619. The number of piperidine rings is 1. The zero-order valence-corrected chi connectivity index (χ0v) is 16.2. The number of carbonyl (C=O) groups excluding carboxylic acids is 2. The molecule has 0 aliphatic carbocycles. The molecule has 142 valence electrons. The van der Waals surface area contributed by atoms with Gasteiger partial charge in [0.15, 0.2) is 0 Å². The van der Waals surface area contributed by atoms with E-state index in [0.29, 0.717) is 24.9 Å². The maximum Gasteiger partial charge on any atom is 0.227 e. The fourth-order valence-electron chi connectivity index (χ4n) is 3.98. The van der Waals surface area contributed by atoms with E-state index in [0.717, 1.165) is 30.9 Å². The largest absolute Gasteiger partial charge is 0.355 e. The van der Waals surface area contributed by atoms with Crippen molar-refractivity contribution in [1.29, 1.82) is 0 Å². The molecule has 5 heteroatoms. The molecule has 2 heterocycles. The van der Waals surface area contributed by atoms with Crippen LogP contribution in [0.15, 0.2) is 24.3 Å². The summed E-state index contributed by atoms with van der Waals surface area (Å²) in [5, 5.41) is 3.11. The molecule has 2 aliphatic rings. The number of hydrogen-bond donors (Lipinski definition) is 1. The zero-order valence-electron chi connectivity index (χ0n) is 16.2. The minimum Gasteiger partial charge on any atom is -0.355 e. The van der Waals surface area contributed by atoms with Gasteiger partial charge in [0.2, 0.25) is 11.8 Å². The third-order valence-corrected chi connectivity index (χ3v) is 5.69. The molecule has 2 amide bonds. The van der Waals surface area contributed by atoms with Crippen LogP contribution in [-0.4, -0.2) is 48.9 Å². The minimum absolute atomic E-state index is 0.0228. The van der Waals surface area contributed by atoms with Crippen LogP contribution in [0, 0.1) is 18.8 Å². The van der Waals surface area contributed by atoms with Gasteiger partial charge in [-0.05, 0) is 58.2 Å². The first-order valence-corrected chi connectivity index (χ1v) is 9.83. The molecule has 0 bridgehead atoms. The van der Waals surface area contributed by atoms with E-state index in [1.165, 1.54) is 12.8 Å². The van der Waals surface area contributed by atoms with Gasteiger partial charge < -0.3 is 15.1 Å². The summed E-state index contributed by atoms with van der Waals surface area (Å²) >= 11 is 0. The highest BCUT2D eigenvalue weighted by Crippen LogP contribution is 2.25. The second kappa shape index (κ2) is 8.21. The lowest BCUT2D eigenvalue weighted by Crippen LogP contribution is -2.44. The molecule has 2 aliphatic heterocycles. The van der Waals surface area contributed by atoms with Gasteiger partial charge in [-0.2, -0.15) is 0 Å². The molecule has 2 fully saturated rings.